The second-order valence-electron chi connectivity index (χ2n) is 3.47. The van der Waals surface area contributed by atoms with Crippen molar-refractivity contribution >= 4 is 23.5 Å². The van der Waals surface area contributed by atoms with E-state index in [1.165, 1.54) is 6.08 Å². The van der Waals surface area contributed by atoms with Gasteiger partial charge < -0.3 is 4.74 Å². The van der Waals surface area contributed by atoms with Gasteiger partial charge in [-0.1, -0.05) is 13.0 Å². The molecule has 0 aliphatic heterocycles. The van der Waals surface area contributed by atoms with Crippen LogP contribution in [0.25, 0.3) is 0 Å². The monoisotopic (exact) mass is 234 g/mol. The quantitative estimate of drug-likeness (QED) is 0.643. The van der Waals surface area contributed by atoms with Gasteiger partial charge in [0.05, 0.1) is 12.3 Å². The standard InChI is InChI=1S/C12H14N2O3/c1-3-6-17-12(16)14-10-5-4-9(2)11(7-10)13-8-15/h4-5,7H,3,6H2,1-2H3,(H,14,16). The van der Waals surface area contributed by atoms with Crippen LogP contribution in [0.3, 0.4) is 0 Å². The van der Waals surface area contributed by atoms with Gasteiger partial charge in [-0.2, -0.15) is 4.99 Å². The number of hydrogen-bond acceptors (Lipinski definition) is 4. The van der Waals surface area contributed by atoms with Crippen LogP contribution >= 0.6 is 0 Å². The number of hydrogen-bond donors (Lipinski definition) is 1. The first-order valence-electron chi connectivity index (χ1n) is 5.29. The first-order valence-corrected chi connectivity index (χ1v) is 5.29. The summed E-state index contributed by atoms with van der Waals surface area (Å²) in [5, 5.41) is 2.55. The largest absolute Gasteiger partial charge is 0.449 e. The highest BCUT2D eigenvalue weighted by Crippen LogP contribution is 2.22. The Morgan fingerprint density at radius 3 is 2.94 bits per heavy atom. The number of amides is 1. The zero-order valence-electron chi connectivity index (χ0n) is 9.82. The van der Waals surface area contributed by atoms with Crippen molar-refractivity contribution in [2.45, 2.75) is 20.3 Å². The van der Waals surface area contributed by atoms with E-state index < -0.39 is 6.09 Å². The van der Waals surface area contributed by atoms with Crippen LogP contribution in [0.1, 0.15) is 18.9 Å². The van der Waals surface area contributed by atoms with Gasteiger partial charge in [-0.05, 0) is 31.0 Å². The van der Waals surface area contributed by atoms with Crippen molar-refractivity contribution in [2.75, 3.05) is 11.9 Å². The average Bonchev–Trinajstić information content (AvgIpc) is 2.31. The number of aryl methyl sites for hydroxylation is 1. The molecule has 90 valence electrons. The molecule has 0 saturated carbocycles. The minimum atomic E-state index is -0.517. The molecule has 0 aromatic heterocycles. The lowest BCUT2D eigenvalue weighted by Gasteiger charge is -2.07. The van der Waals surface area contributed by atoms with Crippen LogP contribution in [-0.4, -0.2) is 18.8 Å². The third-order valence-corrected chi connectivity index (χ3v) is 2.06. The van der Waals surface area contributed by atoms with Crippen LogP contribution < -0.4 is 5.32 Å². The van der Waals surface area contributed by atoms with Crippen LogP contribution in [0.4, 0.5) is 16.2 Å². The highest BCUT2D eigenvalue weighted by molar-refractivity contribution is 5.85. The van der Waals surface area contributed by atoms with E-state index in [1.807, 2.05) is 13.8 Å². The zero-order chi connectivity index (χ0) is 12.7. The number of nitrogens with zero attached hydrogens (tertiary/aromatic N) is 1. The lowest BCUT2D eigenvalue weighted by molar-refractivity contribution is 0.161. The van der Waals surface area contributed by atoms with Crippen molar-refractivity contribution in [1.29, 1.82) is 0 Å². The summed E-state index contributed by atoms with van der Waals surface area (Å²) in [5.41, 5.74) is 1.85. The fraction of sp³-hybridized carbons (Fsp3) is 0.333. The third kappa shape index (κ3) is 4.09. The predicted molar refractivity (Wildman–Crippen MR) is 64.2 cm³/mol. The molecule has 0 atom stereocenters. The van der Waals surface area contributed by atoms with Crippen molar-refractivity contribution in [3.8, 4) is 0 Å². The van der Waals surface area contributed by atoms with E-state index in [2.05, 4.69) is 10.3 Å². The fourth-order valence-corrected chi connectivity index (χ4v) is 1.21. The van der Waals surface area contributed by atoms with Crippen LogP contribution in [0.15, 0.2) is 23.2 Å². The Morgan fingerprint density at radius 2 is 2.29 bits per heavy atom. The molecule has 1 rings (SSSR count). The summed E-state index contributed by atoms with van der Waals surface area (Å²) in [7, 11) is 0. The molecule has 0 spiro atoms. The topological polar surface area (TPSA) is 67.8 Å². The Morgan fingerprint density at radius 1 is 1.53 bits per heavy atom. The predicted octanol–water partition coefficient (Wildman–Crippen LogP) is 2.92. The molecule has 1 aromatic carbocycles. The minimum absolute atomic E-state index is 0.372. The van der Waals surface area contributed by atoms with E-state index in [0.717, 1.165) is 12.0 Å². The van der Waals surface area contributed by atoms with E-state index in [1.54, 1.807) is 18.2 Å². The third-order valence-electron chi connectivity index (χ3n) is 2.06. The Balaban J connectivity index is 2.75. The zero-order valence-corrected chi connectivity index (χ0v) is 9.82. The van der Waals surface area contributed by atoms with E-state index in [0.29, 0.717) is 18.0 Å². The van der Waals surface area contributed by atoms with Gasteiger partial charge in [0.2, 0.25) is 6.08 Å². The lowest BCUT2D eigenvalue weighted by Crippen LogP contribution is -2.13. The summed E-state index contributed by atoms with van der Waals surface area (Å²) in [6.07, 6.45) is 1.72. The number of carbonyl (C=O) groups excluding carboxylic acids is 2. The van der Waals surface area contributed by atoms with Gasteiger partial charge >= 0.3 is 6.09 Å². The number of aliphatic imine (C=N–C) groups is 1. The van der Waals surface area contributed by atoms with E-state index in [4.69, 9.17) is 4.74 Å². The minimum Gasteiger partial charge on any atom is -0.449 e. The van der Waals surface area contributed by atoms with Crippen molar-refractivity contribution in [3.63, 3.8) is 0 Å². The van der Waals surface area contributed by atoms with Crippen molar-refractivity contribution in [3.05, 3.63) is 23.8 Å². The maximum absolute atomic E-state index is 11.3. The SMILES string of the molecule is CCCOC(=O)Nc1ccc(C)c(N=C=O)c1. The van der Waals surface area contributed by atoms with E-state index in [9.17, 15) is 9.59 Å². The normalized spacial score (nSPS) is 9.29. The number of isocyanates is 1. The van der Waals surface area contributed by atoms with Crippen LogP contribution in [0, 0.1) is 6.92 Å². The molecule has 1 aromatic rings. The molecule has 5 nitrogen and oxygen atoms in total. The number of carbonyl (C=O) groups is 1. The molecule has 1 N–H and O–H groups in total. The van der Waals surface area contributed by atoms with Gasteiger partial charge in [0.25, 0.3) is 0 Å². The number of nitrogens with one attached hydrogen (secondary N) is 1. The number of anilines is 1. The second kappa shape index (κ2) is 6.45. The molecule has 17 heavy (non-hydrogen) atoms. The molecule has 0 saturated heterocycles. The second-order valence-corrected chi connectivity index (χ2v) is 3.47. The molecule has 0 fully saturated rings. The fourth-order valence-electron chi connectivity index (χ4n) is 1.21. The molecular weight excluding hydrogens is 220 g/mol. The molecule has 0 aliphatic carbocycles. The van der Waals surface area contributed by atoms with Gasteiger partial charge in [0.15, 0.2) is 0 Å². The average molecular weight is 234 g/mol. The van der Waals surface area contributed by atoms with Crippen LogP contribution in [0.5, 0.6) is 0 Å². The van der Waals surface area contributed by atoms with E-state index >= 15 is 0 Å². The van der Waals surface area contributed by atoms with Crippen LogP contribution in [0.2, 0.25) is 0 Å². The Hall–Kier alpha value is -2.13. The summed E-state index contributed by atoms with van der Waals surface area (Å²) in [4.78, 5) is 25.0. The summed E-state index contributed by atoms with van der Waals surface area (Å²) >= 11 is 0. The first kappa shape index (κ1) is 12.9. The van der Waals surface area contributed by atoms with E-state index in [-0.39, 0.29) is 0 Å². The summed E-state index contributed by atoms with van der Waals surface area (Å²) in [6.45, 7) is 4.10. The molecule has 0 radical (unpaired) electrons. The number of rotatable bonds is 4. The first-order chi connectivity index (χ1) is 8.17. The number of ether oxygens (including phenoxy) is 1. The Labute approximate surface area is 99.5 Å². The lowest BCUT2D eigenvalue weighted by atomic mass is 10.2. The highest BCUT2D eigenvalue weighted by atomic mass is 16.5. The number of benzene rings is 1. The maximum Gasteiger partial charge on any atom is 0.411 e. The van der Waals surface area contributed by atoms with Crippen molar-refractivity contribution < 1.29 is 14.3 Å². The maximum atomic E-state index is 11.3. The molecule has 1 amide bonds. The summed E-state index contributed by atoms with van der Waals surface area (Å²) < 4.78 is 4.87. The van der Waals surface area contributed by atoms with Gasteiger partial charge in [0.1, 0.15) is 0 Å². The molecular formula is C12H14N2O3. The van der Waals surface area contributed by atoms with Gasteiger partial charge in [-0.25, -0.2) is 9.59 Å². The Kier molecular flexibility index (Phi) is 4.91. The van der Waals surface area contributed by atoms with Crippen molar-refractivity contribution in [1.82, 2.24) is 0 Å². The van der Waals surface area contributed by atoms with Gasteiger partial charge in [-0.3, -0.25) is 5.32 Å². The summed E-state index contributed by atoms with van der Waals surface area (Å²) in [6, 6.07) is 5.06. The molecule has 0 bridgehead atoms. The van der Waals surface area contributed by atoms with Gasteiger partial charge in [-0.15, -0.1) is 0 Å². The molecule has 0 unspecified atom stereocenters. The molecule has 0 aliphatic rings. The Bertz CT molecular complexity index is 451. The van der Waals surface area contributed by atoms with Crippen molar-refractivity contribution in [2.24, 2.45) is 4.99 Å². The molecule has 0 heterocycles. The van der Waals surface area contributed by atoms with Crippen LogP contribution in [-0.2, 0) is 9.53 Å². The highest BCUT2D eigenvalue weighted by Gasteiger charge is 2.04. The van der Waals surface area contributed by atoms with Gasteiger partial charge in [0, 0.05) is 5.69 Å². The summed E-state index contributed by atoms with van der Waals surface area (Å²) in [5.74, 6) is 0. The smallest absolute Gasteiger partial charge is 0.411 e. The molecule has 5 heteroatoms.